The highest BCUT2D eigenvalue weighted by Crippen LogP contribution is 1.89. The first-order chi connectivity index (χ1) is 5.31. The van der Waals surface area contributed by atoms with Gasteiger partial charge in [0.1, 0.15) is 10.5 Å². The standard InChI is InChI=1S/C4H14O4Si3/c1-2-3-4(5)6-10-8-11-7-9/h2-3,10-11H2,1,9H3. The quantitative estimate of drug-likeness (QED) is 0.363. The van der Waals surface area contributed by atoms with E-state index < -0.39 is 20.0 Å². The predicted molar refractivity (Wildman–Crippen MR) is 50.2 cm³/mol. The second-order valence-corrected chi connectivity index (χ2v) is 6.70. The number of carbonyl (C=O) groups excluding carboxylic acids is 1. The minimum atomic E-state index is -1.06. The number of hydrogen-bond acceptors (Lipinski definition) is 4. The zero-order valence-electron chi connectivity index (χ0n) is 6.96. The molecule has 7 heteroatoms. The second kappa shape index (κ2) is 8.14. The van der Waals surface area contributed by atoms with Gasteiger partial charge >= 0.3 is 10.0 Å². The topological polar surface area (TPSA) is 44.8 Å². The smallest absolute Gasteiger partial charge is 0.360 e. The molecule has 0 aromatic rings. The minimum Gasteiger partial charge on any atom is -0.500 e. The molecule has 0 bridgehead atoms. The van der Waals surface area contributed by atoms with Crippen molar-refractivity contribution in [3.8, 4) is 0 Å². The van der Waals surface area contributed by atoms with Crippen molar-refractivity contribution in [1.82, 2.24) is 0 Å². The summed E-state index contributed by atoms with van der Waals surface area (Å²) in [5, 5.41) is 0. The Morgan fingerprint density at radius 1 is 1.55 bits per heavy atom. The molecule has 4 nitrogen and oxygen atoms in total. The Morgan fingerprint density at radius 2 is 2.27 bits per heavy atom. The first-order valence-electron chi connectivity index (χ1n) is 3.53. The van der Waals surface area contributed by atoms with E-state index in [4.69, 9.17) is 12.7 Å². The molecule has 0 spiro atoms. The summed E-state index contributed by atoms with van der Waals surface area (Å²) >= 11 is 0. The lowest BCUT2D eigenvalue weighted by molar-refractivity contribution is -0.135. The second-order valence-electron chi connectivity index (χ2n) is 1.99. The average molecular weight is 210 g/mol. The predicted octanol–water partition coefficient (Wildman–Crippen LogP) is -2.36. The van der Waals surface area contributed by atoms with Crippen LogP contribution >= 0.6 is 0 Å². The van der Waals surface area contributed by atoms with E-state index >= 15 is 0 Å². The molecule has 11 heavy (non-hydrogen) atoms. The first-order valence-corrected chi connectivity index (χ1v) is 6.66. The van der Waals surface area contributed by atoms with Crippen LogP contribution in [0.25, 0.3) is 0 Å². The summed E-state index contributed by atoms with van der Waals surface area (Å²) < 4.78 is 14.8. The first kappa shape index (κ1) is 11.0. The van der Waals surface area contributed by atoms with E-state index in [-0.39, 0.29) is 5.97 Å². The van der Waals surface area contributed by atoms with Gasteiger partial charge in [-0.3, -0.25) is 4.79 Å². The lowest BCUT2D eigenvalue weighted by Gasteiger charge is -2.03. The van der Waals surface area contributed by atoms with E-state index in [9.17, 15) is 4.79 Å². The highest BCUT2D eigenvalue weighted by Gasteiger charge is 1.99. The molecule has 0 saturated heterocycles. The van der Waals surface area contributed by atoms with E-state index in [0.717, 1.165) is 16.9 Å². The minimum absolute atomic E-state index is 0.137. The Hall–Kier alpha value is 0.0406. The summed E-state index contributed by atoms with van der Waals surface area (Å²) in [7, 11) is -1.12. The van der Waals surface area contributed by atoms with Crippen molar-refractivity contribution in [2.75, 3.05) is 0 Å². The van der Waals surface area contributed by atoms with Crippen LogP contribution in [0.15, 0.2) is 0 Å². The third kappa shape index (κ3) is 7.94. The molecule has 0 saturated carbocycles. The van der Waals surface area contributed by atoms with E-state index in [1.54, 1.807) is 0 Å². The van der Waals surface area contributed by atoms with Crippen LogP contribution in [0.5, 0.6) is 0 Å². The van der Waals surface area contributed by atoms with Crippen molar-refractivity contribution in [2.24, 2.45) is 0 Å². The normalized spacial score (nSPS) is 12.1. The Balaban J connectivity index is 3.04. The molecule has 0 N–H and O–H groups in total. The van der Waals surface area contributed by atoms with Gasteiger partial charge in [0.2, 0.25) is 0 Å². The molecule has 0 radical (unpaired) electrons. The average Bonchev–Trinajstić information content (AvgIpc) is 1.99. The summed E-state index contributed by atoms with van der Waals surface area (Å²) in [5.74, 6) is -0.137. The lowest BCUT2D eigenvalue weighted by atomic mass is 10.4. The Kier molecular flexibility index (Phi) is 8.17. The molecule has 0 aromatic carbocycles. The number of carbonyl (C=O) groups is 1. The fourth-order valence-electron chi connectivity index (χ4n) is 0.501. The zero-order chi connectivity index (χ0) is 8.53. The van der Waals surface area contributed by atoms with Crippen LogP contribution in [0.3, 0.4) is 0 Å². The molecule has 0 aromatic heterocycles. The summed E-state index contributed by atoms with van der Waals surface area (Å²) in [4.78, 5) is 10.7. The largest absolute Gasteiger partial charge is 0.500 e. The molecular formula is C4H14O4Si3. The maximum Gasteiger partial charge on any atom is 0.360 e. The van der Waals surface area contributed by atoms with Gasteiger partial charge in [-0.1, -0.05) is 6.92 Å². The van der Waals surface area contributed by atoms with Crippen LogP contribution in [-0.4, -0.2) is 36.5 Å². The van der Waals surface area contributed by atoms with Crippen LogP contribution in [0, 0.1) is 0 Å². The fourth-order valence-corrected chi connectivity index (χ4v) is 3.55. The Bertz CT molecular complexity index is 110. The molecule has 0 heterocycles. The van der Waals surface area contributed by atoms with Crippen molar-refractivity contribution in [2.45, 2.75) is 19.8 Å². The van der Waals surface area contributed by atoms with E-state index in [1.807, 2.05) is 6.92 Å². The summed E-state index contributed by atoms with van der Waals surface area (Å²) in [6.45, 7) is 1.94. The highest BCUT2D eigenvalue weighted by atomic mass is 28.4. The van der Waals surface area contributed by atoms with Crippen LogP contribution in [0.2, 0.25) is 0 Å². The third-order valence-electron chi connectivity index (χ3n) is 0.959. The summed E-state index contributed by atoms with van der Waals surface area (Å²) in [6, 6.07) is 0. The van der Waals surface area contributed by atoms with Crippen LogP contribution < -0.4 is 0 Å². The Labute approximate surface area is 74.3 Å². The zero-order valence-corrected chi connectivity index (χ0v) is 11.8. The van der Waals surface area contributed by atoms with Gasteiger partial charge in [0.15, 0.2) is 0 Å². The molecule has 0 rings (SSSR count). The van der Waals surface area contributed by atoms with E-state index in [2.05, 4.69) is 0 Å². The van der Waals surface area contributed by atoms with Crippen molar-refractivity contribution in [3.05, 3.63) is 0 Å². The molecule has 0 aliphatic rings. The van der Waals surface area contributed by atoms with E-state index in [1.165, 1.54) is 0 Å². The van der Waals surface area contributed by atoms with Crippen LogP contribution in [0.1, 0.15) is 19.8 Å². The summed E-state index contributed by atoms with van der Waals surface area (Å²) in [5.41, 5.74) is 0. The van der Waals surface area contributed by atoms with Gasteiger partial charge in [-0.25, -0.2) is 0 Å². The molecule has 66 valence electrons. The number of hydrogen-bond donors (Lipinski definition) is 0. The van der Waals surface area contributed by atoms with Gasteiger partial charge in [-0.2, -0.15) is 0 Å². The summed E-state index contributed by atoms with van der Waals surface area (Å²) in [6.07, 6.45) is 1.33. The van der Waals surface area contributed by atoms with Crippen molar-refractivity contribution < 1.29 is 17.5 Å². The van der Waals surface area contributed by atoms with Gasteiger partial charge in [-0.15, -0.1) is 0 Å². The molecule has 0 unspecified atom stereocenters. The SMILES string of the molecule is CCCC(=O)O[SiH2]O[SiH2]O[SiH3]. The molecule has 0 aliphatic carbocycles. The molecular weight excluding hydrogens is 196 g/mol. The van der Waals surface area contributed by atoms with Gasteiger partial charge in [0.25, 0.3) is 16.0 Å². The molecule has 0 aliphatic heterocycles. The van der Waals surface area contributed by atoms with E-state index in [0.29, 0.717) is 6.42 Å². The maximum absolute atomic E-state index is 10.7. The van der Waals surface area contributed by atoms with Crippen molar-refractivity contribution in [1.29, 1.82) is 0 Å². The van der Waals surface area contributed by atoms with Crippen LogP contribution in [0.4, 0.5) is 0 Å². The molecule has 0 fully saturated rings. The molecule has 0 atom stereocenters. The van der Waals surface area contributed by atoms with Gasteiger partial charge in [-0.05, 0) is 6.42 Å². The van der Waals surface area contributed by atoms with Gasteiger partial charge in [0, 0.05) is 6.42 Å². The van der Waals surface area contributed by atoms with Gasteiger partial charge in [0.05, 0.1) is 0 Å². The third-order valence-corrected chi connectivity index (χ3v) is 3.67. The lowest BCUT2D eigenvalue weighted by Crippen LogP contribution is -2.14. The highest BCUT2D eigenvalue weighted by molar-refractivity contribution is 6.39. The van der Waals surface area contributed by atoms with Crippen molar-refractivity contribution in [3.63, 3.8) is 0 Å². The van der Waals surface area contributed by atoms with Crippen molar-refractivity contribution >= 4 is 36.5 Å². The monoisotopic (exact) mass is 210 g/mol. The van der Waals surface area contributed by atoms with Crippen LogP contribution in [-0.2, 0) is 17.5 Å². The Morgan fingerprint density at radius 3 is 2.82 bits per heavy atom. The molecule has 0 amide bonds. The number of rotatable bonds is 6. The maximum atomic E-state index is 10.7. The van der Waals surface area contributed by atoms with Gasteiger partial charge < -0.3 is 12.7 Å². The fraction of sp³-hybridized carbons (Fsp3) is 0.750.